The summed E-state index contributed by atoms with van der Waals surface area (Å²) in [7, 11) is 0. The zero-order valence-corrected chi connectivity index (χ0v) is 17.2. The Labute approximate surface area is 176 Å². The summed E-state index contributed by atoms with van der Waals surface area (Å²) in [5, 5.41) is 0. The fourth-order valence-corrected chi connectivity index (χ4v) is 4.31. The topological polar surface area (TPSA) is 66.0 Å². The number of piperazine rings is 1. The molecule has 5 rings (SSSR count). The number of ether oxygens (including phenoxy) is 1. The van der Waals surface area contributed by atoms with Gasteiger partial charge in [-0.05, 0) is 55.0 Å². The van der Waals surface area contributed by atoms with Gasteiger partial charge in [-0.2, -0.15) is 0 Å². The van der Waals surface area contributed by atoms with Crippen molar-refractivity contribution in [1.29, 1.82) is 0 Å². The van der Waals surface area contributed by atoms with Crippen LogP contribution in [0.25, 0.3) is 0 Å². The molecule has 0 atom stereocenters. The minimum Gasteiger partial charge on any atom is -0.447 e. The Hall–Kier alpha value is -3.09. The summed E-state index contributed by atoms with van der Waals surface area (Å²) in [4.78, 5) is 34.6. The van der Waals surface area contributed by atoms with Gasteiger partial charge in [-0.25, -0.2) is 9.78 Å². The molecule has 30 heavy (non-hydrogen) atoms. The van der Waals surface area contributed by atoms with E-state index in [2.05, 4.69) is 35.0 Å². The number of benzene rings is 1. The molecule has 0 radical (unpaired) electrons. The zero-order chi connectivity index (χ0) is 20.7. The largest absolute Gasteiger partial charge is 0.447 e. The second-order valence-electron chi connectivity index (χ2n) is 8.27. The lowest BCUT2D eigenvalue weighted by Gasteiger charge is -2.37. The van der Waals surface area contributed by atoms with E-state index in [-0.39, 0.29) is 5.91 Å². The number of hydrogen-bond acceptors (Lipinski definition) is 5. The smallest absolute Gasteiger partial charge is 0.415 e. The van der Waals surface area contributed by atoms with Crippen molar-refractivity contribution in [2.75, 3.05) is 49.1 Å². The van der Waals surface area contributed by atoms with Crippen LogP contribution in [0.5, 0.6) is 0 Å². The van der Waals surface area contributed by atoms with Gasteiger partial charge in [0.05, 0.1) is 12.1 Å². The van der Waals surface area contributed by atoms with Crippen LogP contribution in [0, 0.1) is 6.92 Å². The van der Waals surface area contributed by atoms with Crippen LogP contribution in [-0.2, 0) is 4.74 Å². The number of pyridine rings is 1. The average molecular weight is 406 g/mol. The lowest BCUT2D eigenvalue weighted by molar-refractivity contribution is 0.0746. The lowest BCUT2D eigenvalue weighted by Crippen LogP contribution is -2.49. The number of hydrogen-bond donors (Lipinski definition) is 0. The fraction of sp³-hybridized carbons (Fsp3) is 0.435. The highest BCUT2D eigenvalue weighted by Crippen LogP contribution is 2.41. The van der Waals surface area contributed by atoms with Crippen LogP contribution in [-0.4, -0.2) is 61.2 Å². The molecule has 3 aliphatic rings. The van der Waals surface area contributed by atoms with Crippen LogP contribution in [0.15, 0.2) is 36.5 Å². The Morgan fingerprint density at radius 3 is 2.47 bits per heavy atom. The monoisotopic (exact) mass is 406 g/mol. The molecule has 1 saturated carbocycles. The van der Waals surface area contributed by atoms with Crippen LogP contribution in [0.3, 0.4) is 0 Å². The highest BCUT2D eigenvalue weighted by Gasteiger charge is 2.27. The normalized spacial score (nSPS) is 19.2. The second-order valence-corrected chi connectivity index (χ2v) is 8.27. The third kappa shape index (κ3) is 3.60. The van der Waals surface area contributed by atoms with Crippen LogP contribution < -0.4 is 9.80 Å². The van der Waals surface area contributed by atoms with Crippen molar-refractivity contribution in [2.24, 2.45) is 0 Å². The number of amides is 2. The molecule has 7 heteroatoms. The van der Waals surface area contributed by atoms with Gasteiger partial charge >= 0.3 is 6.09 Å². The van der Waals surface area contributed by atoms with E-state index in [1.54, 1.807) is 18.3 Å². The van der Waals surface area contributed by atoms with Crippen LogP contribution in [0.2, 0.25) is 0 Å². The van der Waals surface area contributed by atoms with E-state index in [4.69, 9.17) is 4.74 Å². The first-order valence-electron chi connectivity index (χ1n) is 10.7. The first-order chi connectivity index (χ1) is 14.6. The molecule has 3 fully saturated rings. The van der Waals surface area contributed by atoms with Gasteiger partial charge in [0, 0.05) is 38.1 Å². The predicted octanol–water partition coefficient (Wildman–Crippen LogP) is 3.19. The molecule has 2 amide bonds. The van der Waals surface area contributed by atoms with Crippen LogP contribution >= 0.6 is 0 Å². The van der Waals surface area contributed by atoms with Crippen molar-refractivity contribution in [3.63, 3.8) is 0 Å². The Morgan fingerprint density at radius 1 is 1.07 bits per heavy atom. The predicted molar refractivity (Wildman–Crippen MR) is 114 cm³/mol. The van der Waals surface area contributed by atoms with E-state index in [1.165, 1.54) is 34.6 Å². The highest BCUT2D eigenvalue weighted by atomic mass is 16.6. The first kappa shape index (κ1) is 18.9. The number of carbonyl (C=O) groups excluding carboxylic acids is 2. The molecule has 156 valence electrons. The van der Waals surface area contributed by atoms with Gasteiger partial charge in [0.15, 0.2) is 0 Å². The minimum absolute atomic E-state index is 0.0153. The van der Waals surface area contributed by atoms with Crippen LogP contribution in [0.4, 0.5) is 16.3 Å². The van der Waals surface area contributed by atoms with Gasteiger partial charge in [-0.3, -0.25) is 9.69 Å². The summed E-state index contributed by atoms with van der Waals surface area (Å²) in [5.41, 5.74) is 4.60. The summed E-state index contributed by atoms with van der Waals surface area (Å²) >= 11 is 0. The van der Waals surface area contributed by atoms with Crippen molar-refractivity contribution in [1.82, 2.24) is 9.88 Å². The van der Waals surface area contributed by atoms with Gasteiger partial charge in [0.1, 0.15) is 12.4 Å². The van der Waals surface area contributed by atoms with E-state index in [0.29, 0.717) is 37.6 Å². The van der Waals surface area contributed by atoms with E-state index in [9.17, 15) is 9.59 Å². The molecular formula is C23H26N4O3. The molecule has 2 aliphatic heterocycles. The van der Waals surface area contributed by atoms with Gasteiger partial charge in [0.25, 0.3) is 5.91 Å². The molecule has 7 nitrogen and oxygen atoms in total. The molecular weight excluding hydrogens is 380 g/mol. The summed E-state index contributed by atoms with van der Waals surface area (Å²) < 4.78 is 4.94. The minimum atomic E-state index is -0.391. The maximum absolute atomic E-state index is 12.9. The molecule has 0 spiro atoms. The SMILES string of the molecule is Cc1cc(C2CC2)ccc1N1CCN(C(=O)c2ccc(N3CCOC3=O)nc2)CC1. The van der Waals surface area contributed by atoms with Crippen molar-refractivity contribution >= 4 is 23.5 Å². The van der Waals surface area contributed by atoms with Gasteiger partial charge in [-0.15, -0.1) is 0 Å². The zero-order valence-electron chi connectivity index (χ0n) is 17.2. The number of aryl methyl sites for hydroxylation is 1. The third-order valence-electron chi connectivity index (χ3n) is 6.21. The summed E-state index contributed by atoms with van der Waals surface area (Å²) in [6, 6.07) is 10.3. The van der Waals surface area contributed by atoms with E-state index in [0.717, 1.165) is 19.0 Å². The number of anilines is 2. The molecule has 1 aliphatic carbocycles. The number of cyclic esters (lactones) is 1. The Bertz CT molecular complexity index is 963. The van der Waals surface area contributed by atoms with E-state index in [1.807, 2.05) is 4.90 Å². The average Bonchev–Trinajstić information content (AvgIpc) is 3.54. The molecule has 3 heterocycles. The number of nitrogens with zero attached hydrogens (tertiary/aromatic N) is 4. The third-order valence-corrected chi connectivity index (χ3v) is 6.21. The van der Waals surface area contributed by atoms with Crippen molar-refractivity contribution < 1.29 is 14.3 Å². The Morgan fingerprint density at radius 2 is 1.87 bits per heavy atom. The number of rotatable bonds is 4. The molecule has 0 N–H and O–H groups in total. The van der Waals surface area contributed by atoms with Crippen molar-refractivity contribution in [2.45, 2.75) is 25.7 Å². The summed E-state index contributed by atoms with van der Waals surface area (Å²) in [6.45, 7) is 6.05. The van der Waals surface area contributed by atoms with E-state index < -0.39 is 6.09 Å². The number of carbonyl (C=O) groups is 2. The second kappa shape index (κ2) is 7.63. The number of aromatic nitrogens is 1. The molecule has 0 bridgehead atoms. The maximum Gasteiger partial charge on any atom is 0.415 e. The van der Waals surface area contributed by atoms with Crippen molar-refractivity contribution in [3.05, 3.63) is 53.2 Å². The van der Waals surface area contributed by atoms with Gasteiger partial charge in [-0.1, -0.05) is 12.1 Å². The molecule has 0 unspecified atom stereocenters. The Kier molecular flexibility index (Phi) is 4.81. The summed E-state index contributed by atoms with van der Waals surface area (Å²) in [5.74, 6) is 1.27. The first-order valence-corrected chi connectivity index (χ1v) is 10.7. The Balaban J connectivity index is 1.21. The summed E-state index contributed by atoms with van der Waals surface area (Å²) in [6.07, 6.45) is 3.80. The quantitative estimate of drug-likeness (QED) is 0.780. The fourth-order valence-electron chi connectivity index (χ4n) is 4.31. The van der Waals surface area contributed by atoms with Gasteiger partial charge < -0.3 is 14.5 Å². The van der Waals surface area contributed by atoms with Crippen molar-refractivity contribution in [3.8, 4) is 0 Å². The van der Waals surface area contributed by atoms with Gasteiger partial charge in [0.2, 0.25) is 0 Å². The molecule has 1 aromatic carbocycles. The molecule has 2 saturated heterocycles. The van der Waals surface area contributed by atoms with E-state index >= 15 is 0 Å². The molecule has 2 aromatic rings. The molecule has 1 aromatic heterocycles. The highest BCUT2D eigenvalue weighted by molar-refractivity contribution is 5.95. The maximum atomic E-state index is 12.9. The van der Waals surface area contributed by atoms with Crippen LogP contribution in [0.1, 0.15) is 40.2 Å². The standard InChI is InChI=1S/C23H26N4O3/c1-16-14-18(17-2-3-17)4-6-20(16)25-8-10-26(11-9-25)22(28)19-5-7-21(24-15-19)27-12-13-30-23(27)29/h4-7,14-15,17H,2-3,8-13H2,1H3. The lowest BCUT2D eigenvalue weighted by atomic mass is 10.0.